The molecule has 0 unspecified atom stereocenters. The van der Waals surface area contributed by atoms with Gasteiger partial charge in [-0.1, -0.05) is 50.1 Å². The van der Waals surface area contributed by atoms with E-state index in [4.69, 9.17) is 0 Å². The minimum absolute atomic E-state index is 0.0133. The van der Waals surface area contributed by atoms with Crippen molar-refractivity contribution in [1.29, 1.82) is 0 Å². The second-order valence-corrected chi connectivity index (χ2v) is 4.78. The molecule has 0 aromatic heterocycles. The number of hydrogen-bond acceptors (Lipinski definition) is 2. The molecule has 1 saturated heterocycles. The number of hydrazine groups is 1. The van der Waals surface area contributed by atoms with Crippen LogP contribution in [0.25, 0.3) is 0 Å². The van der Waals surface area contributed by atoms with E-state index in [0.29, 0.717) is 0 Å². The normalized spacial score (nSPS) is 23.3. The molecule has 0 N–H and O–H groups in total. The Hall–Kier alpha value is -0.810. The quantitative estimate of drug-likeness (QED) is 0.731. The first kappa shape index (κ1) is 11.7. The number of carbonyl (C=O) groups is 1. The van der Waals surface area contributed by atoms with Gasteiger partial charge in [0.15, 0.2) is 0 Å². The Morgan fingerprint density at radius 1 is 1.31 bits per heavy atom. The number of halogens is 2. The van der Waals surface area contributed by atoms with Crippen molar-refractivity contribution in [3.63, 3.8) is 0 Å². The number of carbonyl (C=O) groups excluding carboxylic acids is 1. The lowest BCUT2D eigenvalue weighted by atomic mass is 10.3. The van der Waals surface area contributed by atoms with Gasteiger partial charge in [0, 0.05) is 12.0 Å². The molecule has 1 heterocycles. The topological polar surface area (TPSA) is 23.6 Å². The molecule has 84 valence electrons. The van der Waals surface area contributed by atoms with E-state index < -0.39 is 0 Å². The predicted octanol–water partition coefficient (Wildman–Crippen LogP) is 2.88. The molecule has 1 amide bonds. The number of alkyl halides is 1. The van der Waals surface area contributed by atoms with E-state index in [1.165, 1.54) is 0 Å². The molecule has 5 heteroatoms. The molecule has 1 aromatic carbocycles. The summed E-state index contributed by atoms with van der Waals surface area (Å²) < 4.78 is 0. The molecule has 1 aliphatic heterocycles. The lowest BCUT2D eigenvalue weighted by Crippen LogP contribution is -2.35. The van der Waals surface area contributed by atoms with E-state index >= 15 is 0 Å². The molecule has 2 rings (SSSR count). The highest BCUT2D eigenvalue weighted by molar-refractivity contribution is 9.11. The van der Waals surface area contributed by atoms with Gasteiger partial charge in [0.1, 0.15) is 4.83 Å². The maximum absolute atomic E-state index is 12.1. The molecular formula is C11H10Br2N2O. The highest BCUT2D eigenvalue weighted by atomic mass is 79.9. The fourth-order valence-corrected chi connectivity index (χ4v) is 3.19. The summed E-state index contributed by atoms with van der Waals surface area (Å²) in [5.74, 6) is 0.0133. The summed E-state index contributed by atoms with van der Waals surface area (Å²) in [4.78, 5) is 13.5. The number of anilines is 1. The summed E-state index contributed by atoms with van der Waals surface area (Å²) >= 11 is 6.65. The molecule has 0 saturated carbocycles. The maximum atomic E-state index is 12.1. The van der Waals surface area contributed by atoms with Crippen LogP contribution >= 0.6 is 31.9 Å². The Kier molecular flexibility index (Phi) is 3.35. The van der Waals surface area contributed by atoms with Crippen molar-refractivity contribution in [2.75, 3.05) is 12.1 Å². The number of amides is 1. The van der Waals surface area contributed by atoms with Crippen LogP contribution in [-0.4, -0.2) is 22.8 Å². The zero-order chi connectivity index (χ0) is 11.7. The highest BCUT2D eigenvalue weighted by Crippen LogP contribution is 2.32. The first-order valence-corrected chi connectivity index (χ1v) is 6.57. The molecule has 1 fully saturated rings. The largest absolute Gasteiger partial charge is 0.283 e. The third-order valence-electron chi connectivity index (χ3n) is 2.47. The van der Waals surface area contributed by atoms with Crippen LogP contribution in [0.4, 0.5) is 5.69 Å². The van der Waals surface area contributed by atoms with Gasteiger partial charge in [-0.15, -0.1) is 0 Å². The van der Waals surface area contributed by atoms with E-state index in [0.717, 1.165) is 11.4 Å². The molecule has 0 bridgehead atoms. The summed E-state index contributed by atoms with van der Waals surface area (Å²) in [5.41, 5.74) is 1.75. The van der Waals surface area contributed by atoms with E-state index in [1.807, 2.05) is 42.4 Å². The Balaban J connectivity index is 2.41. The van der Waals surface area contributed by atoms with E-state index in [9.17, 15) is 4.79 Å². The van der Waals surface area contributed by atoms with Gasteiger partial charge < -0.3 is 0 Å². The number of benzene rings is 1. The number of para-hydroxylation sites is 1. The monoisotopic (exact) mass is 344 g/mol. The molecule has 0 aliphatic carbocycles. The van der Waals surface area contributed by atoms with E-state index in [2.05, 4.69) is 31.9 Å². The summed E-state index contributed by atoms with van der Waals surface area (Å²) in [5, 5.41) is 3.47. The van der Waals surface area contributed by atoms with Crippen molar-refractivity contribution in [2.24, 2.45) is 0 Å². The SMILES string of the molecule is CN1/C(=C\Br)[C@H](Br)C(=O)N1c1ccccc1. The standard InChI is InChI=1S/C11H10Br2N2O/c1-14-9(7-12)10(13)11(16)15(14)8-5-3-2-4-6-8/h2-7,10H,1H3/b9-7-/t10-/m0/s1. The molecular weight excluding hydrogens is 336 g/mol. The fraction of sp³-hybridized carbons (Fsp3) is 0.182. The lowest BCUT2D eigenvalue weighted by molar-refractivity contribution is -0.117. The zero-order valence-corrected chi connectivity index (χ0v) is 11.8. The van der Waals surface area contributed by atoms with Gasteiger partial charge in [-0.3, -0.25) is 9.80 Å². The van der Waals surface area contributed by atoms with Crippen LogP contribution in [-0.2, 0) is 4.79 Å². The van der Waals surface area contributed by atoms with Crippen molar-refractivity contribution in [3.8, 4) is 0 Å². The third-order valence-corrected chi connectivity index (χ3v) is 3.80. The Morgan fingerprint density at radius 2 is 1.94 bits per heavy atom. The Morgan fingerprint density at radius 3 is 2.44 bits per heavy atom. The van der Waals surface area contributed by atoms with Gasteiger partial charge in [-0.05, 0) is 12.1 Å². The van der Waals surface area contributed by atoms with Gasteiger partial charge in [-0.2, -0.15) is 0 Å². The second kappa shape index (κ2) is 4.59. The van der Waals surface area contributed by atoms with Crippen LogP contribution < -0.4 is 5.01 Å². The van der Waals surface area contributed by atoms with Crippen LogP contribution in [0, 0.1) is 0 Å². The summed E-state index contributed by atoms with van der Waals surface area (Å²) in [6.45, 7) is 0. The van der Waals surface area contributed by atoms with E-state index in [-0.39, 0.29) is 10.7 Å². The number of rotatable bonds is 1. The van der Waals surface area contributed by atoms with Crippen LogP contribution in [0.5, 0.6) is 0 Å². The molecule has 1 aliphatic rings. The van der Waals surface area contributed by atoms with Crippen molar-refractivity contribution in [3.05, 3.63) is 41.0 Å². The van der Waals surface area contributed by atoms with Crippen LogP contribution in [0.3, 0.4) is 0 Å². The average molecular weight is 346 g/mol. The molecule has 16 heavy (non-hydrogen) atoms. The molecule has 0 radical (unpaired) electrons. The van der Waals surface area contributed by atoms with Crippen molar-refractivity contribution in [1.82, 2.24) is 5.01 Å². The van der Waals surface area contributed by atoms with Crippen LogP contribution in [0.1, 0.15) is 0 Å². The van der Waals surface area contributed by atoms with Crippen molar-refractivity contribution >= 4 is 43.5 Å². The van der Waals surface area contributed by atoms with Crippen LogP contribution in [0.15, 0.2) is 41.0 Å². The number of nitrogens with zero attached hydrogens (tertiary/aromatic N) is 2. The van der Waals surface area contributed by atoms with Crippen LogP contribution in [0.2, 0.25) is 0 Å². The third kappa shape index (κ3) is 1.78. The Bertz CT molecular complexity index is 433. The van der Waals surface area contributed by atoms with Gasteiger partial charge in [-0.25, -0.2) is 5.01 Å². The zero-order valence-electron chi connectivity index (χ0n) is 8.60. The second-order valence-electron chi connectivity index (χ2n) is 3.41. The first-order chi connectivity index (χ1) is 7.66. The number of hydrogen-bond donors (Lipinski definition) is 0. The Labute approximate surface area is 111 Å². The smallest absolute Gasteiger partial charge is 0.265 e. The van der Waals surface area contributed by atoms with Gasteiger partial charge in [0.25, 0.3) is 5.91 Å². The highest BCUT2D eigenvalue weighted by Gasteiger charge is 2.39. The molecule has 1 aromatic rings. The summed E-state index contributed by atoms with van der Waals surface area (Å²) in [6, 6.07) is 9.57. The lowest BCUT2D eigenvalue weighted by Gasteiger charge is -2.25. The minimum atomic E-state index is -0.294. The minimum Gasteiger partial charge on any atom is -0.283 e. The predicted molar refractivity (Wildman–Crippen MR) is 71.4 cm³/mol. The van der Waals surface area contributed by atoms with E-state index in [1.54, 1.807) is 9.99 Å². The molecule has 1 atom stereocenters. The summed E-state index contributed by atoms with van der Waals surface area (Å²) in [6.07, 6.45) is 0. The van der Waals surface area contributed by atoms with Crippen molar-refractivity contribution in [2.45, 2.75) is 4.83 Å². The van der Waals surface area contributed by atoms with Crippen molar-refractivity contribution < 1.29 is 4.79 Å². The average Bonchev–Trinajstić information content (AvgIpc) is 2.51. The molecule has 0 spiro atoms. The maximum Gasteiger partial charge on any atom is 0.265 e. The summed E-state index contributed by atoms with van der Waals surface area (Å²) in [7, 11) is 1.86. The first-order valence-electron chi connectivity index (χ1n) is 4.74. The molecule has 3 nitrogen and oxygen atoms in total. The van der Waals surface area contributed by atoms with Gasteiger partial charge in [0.05, 0.1) is 11.4 Å². The fourth-order valence-electron chi connectivity index (χ4n) is 1.66. The van der Waals surface area contributed by atoms with Gasteiger partial charge >= 0.3 is 0 Å². The van der Waals surface area contributed by atoms with Gasteiger partial charge in [0.2, 0.25) is 0 Å².